The Labute approximate surface area is 142 Å². The smallest absolute Gasteiger partial charge is 0.253 e. The van der Waals surface area contributed by atoms with Crippen molar-refractivity contribution in [2.75, 3.05) is 13.1 Å². The Bertz CT molecular complexity index is 687. The lowest BCUT2D eigenvalue weighted by Gasteiger charge is -2.30. The third-order valence-corrected chi connectivity index (χ3v) is 4.79. The Morgan fingerprint density at radius 2 is 1.96 bits per heavy atom. The molecule has 2 aromatic carbocycles. The quantitative estimate of drug-likeness (QED) is 0.901. The highest BCUT2D eigenvalue weighted by Crippen LogP contribution is 2.25. The average molecular weight is 329 g/mol. The number of halogens is 1. The zero-order valence-corrected chi connectivity index (χ0v) is 13.9. The highest BCUT2D eigenvalue weighted by Gasteiger charge is 2.24. The summed E-state index contributed by atoms with van der Waals surface area (Å²) in [5.41, 5.74) is 2.60. The third-order valence-electron chi connectivity index (χ3n) is 4.46. The van der Waals surface area contributed by atoms with Gasteiger partial charge >= 0.3 is 0 Å². The number of carbonyl (C=O) groups excluding carboxylic acids is 1. The normalized spacial score (nSPS) is 21.0. The zero-order valence-electron chi connectivity index (χ0n) is 13.2. The number of rotatable bonds is 3. The van der Waals surface area contributed by atoms with E-state index in [9.17, 15) is 4.79 Å². The van der Waals surface area contributed by atoms with Gasteiger partial charge in [-0.3, -0.25) is 4.79 Å². The maximum absolute atomic E-state index is 12.6. The highest BCUT2D eigenvalue weighted by atomic mass is 35.5. The maximum Gasteiger partial charge on any atom is 0.253 e. The van der Waals surface area contributed by atoms with Gasteiger partial charge in [0.05, 0.1) is 10.6 Å². The Morgan fingerprint density at radius 3 is 2.70 bits per heavy atom. The first-order chi connectivity index (χ1) is 11.1. The molecule has 0 aliphatic carbocycles. The zero-order chi connectivity index (χ0) is 16.2. The predicted molar refractivity (Wildman–Crippen MR) is 94.8 cm³/mol. The van der Waals surface area contributed by atoms with E-state index in [4.69, 9.17) is 11.6 Å². The minimum Gasteiger partial charge on any atom is -0.348 e. The van der Waals surface area contributed by atoms with Gasteiger partial charge in [0.1, 0.15) is 0 Å². The number of nitrogens with one attached hydrogen (secondary N) is 2. The molecular formula is C19H21ClN2O. The molecule has 120 valence electrons. The molecule has 4 heteroatoms. The third kappa shape index (κ3) is 3.74. The molecule has 2 atom stereocenters. The van der Waals surface area contributed by atoms with Crippen molar-refractivity contribution in [3.63, 3.8) is 0 Å². The summed E-state index contributed by atoms with van der Waals surface area (Å²) in [5, 5.41) is 6.93. The van der Waals surface area contributed by atoms with Crippen molar-refractivity contribution >= 4 is 17.5 Å². The average Bonchev–Trinajstić information content (AvgIpc) is 2.58. The molecule has 1 fully saturated rings. The van der Waals surface area contributed by atoms with Gasteiger partial charge in [-0.05, 0) is 42.1 Å². The first-order valence-electron chi connectivity index (χ1n) is 8.01. The van der Waals surface area contributed by atoms with E-state index < -0.39 is 0 Å². The van der Waals surface area contributed by atoms with Crippen LogP contribution in [0.5, 0.6) is 0 Å². The lowest BCUT2D eigenvalue weighted by Crippen LogP contribution is -2.50. The van der Waals surface area contributed by atoms with Crippen LogP contribution in [0.3, 0.4) is 0 Å². The number of benzene rings is 2. The van der Waals surface area contributed by atoms with Crippen LogP contribution in [0.25, 0.3) is 11.1 Å². The van der Waals surface area contributed by atoms with Crippen LogP contribution in [-0.4, -0.2) is 25.0 Å². The summed E-state index contributed by atoms with van der Waals surface area (Å²) in [7, 11) is 0. The van der Waals surface area contributed by atoms with Crippen molar-refractivity contribution in [3.05, 3.63) is 59.1 Å². The summed E-state index contributed by atoms with van der Waals surface area (Å²) in [6.45, 7) is 3.99. The first-order valence-corrected chi connectivity index (χ1v) is 8.39. The number of hydrogen-bond donors (Lipinski definition) is 2. The van der Waals surface area contributed by atoms with E-state index in [-0.39, 0.29) is 11.9 Å². The van der Waals surface area contributed by atoms with E-state index in [2.05, 4.69) is 17.6 Å². The summed E-state index contributed by atoms with van der Waals surface area (Å²) >= 11 is 6.26. The lowest BCUT2D eigenvalue weighted by molar-refractivity contribution is 0.0915. The summed E-state index contributed by atoms with van der Waals surface area (Å²) < 4.78 is 0. The molecule has 3 nitrogen and oxygen atoms in total. The van der Waals surface area contributed by atoms with Crippen LogP contribution >= 0.6 is 11.6 Å². The van der Waals surface area contributed by atoms with E-state index in [1.54, 1.807) is 6.07 Å². The molecule has 3 rings (SSSR count). The topological polar surface area (TPSA) is 41.1 Å². The number of amides is 1. The first kappa shape index (κ1) is 16.0. The van der Waals surface area contributed by atoms with E-state index >= 15 is 0 Å². The van der Waals surface area contributed by atoms with Crippen LogP contribution in [0, 0.1) is 5.92 Å². The fourth-order valence-corrected chi connectivity index (χ4v) is 3.14. The van der Waals surface area contributed by atoms with Gasteiger partial charge in [0, 0.05) is 12.6 Å². The molecule has 1 amide bonds. The van der Waals surface area contributed by atoms with Gasteiger partial charge in [-0.1, -0.05) is 54.9 Å². The van der Waals surface area contributed by atoms with Crippen molar-refractivity contribution in [2.24, 2.45) is 5.92 Å². The maximum atomic E-state index is 12.6. The van der Waals surface area contributed by atoms with Crippen molar-refractivity contribution < 1.29 is 4.79 Å². The van der Waals surface area contributed by atoms with Gasteiger partial charge in [-0.15, -0.1) is 0 Å². The fraction of sp³-hybridized carbons (Fsp3) is 0.316. The van der Waals surface area contributed by atoms with Crippen LogP contribution < -0.4 is 10.6 Å². The molecule has 2 unspecified atom stereocenters. The van der Waals surface area contributed by atoms with Gasteiger partial charge < -0.3 is 10.6 Å². The largest absolute Gasteiger partial charge is 0.348 e. The predicted octanol–water partition coefficient (Wildman–Crippen LogP) is 3.73. The van der Waals surface area contributed by atoms with Crippen LogP contribution in [0.15, 0.2) is 48.5 Å². The minimum atomic E-state index is -0.103. The lowest BCUT2D eigenvalue weighted by atomic mass is 9.94. The van der Waals surface area contributed by atoms with Gasteiger partial charge in [-0.25, -0.2) is 0 Å². The van der Waals surface area contributed by atoms with Gasteiger partial charge in [0.2, 0.25) is 0 Å². The number of carbonyl (C=O) groups is 1. The summed E-state index contributed by atoms with van der Waals surface area (Å²) in [6, 6.07) is 15.8. The molecular weight excluding hydrogens is 308 g/mol. The van der Waals surface area contributed by atoms with Gasteiger partial charge in [0.15, 0.2) is 0 Å². The van der Waals surface area contributed by atoms with E-state index in [1.807, 2.05) is 42.5 Å². The van der Waals surface area contributed by atoms with E-state index in [0.29, 0.717) is 16.5 Å². The molecule has 23 heavy (non-hydrogen) atoms. The Kier molecular flexibility index (Phi) is 4.99. The molecule has 1 aliphatic rings. The molecule has 0 aromatic heterocycles. The monoisotopic (exact) mass is 328 g/mol. The minimum absolute atomic E-state index is 0.103. The molecule has 1 heterocycles. The molecule has 0 radical (unpaired) electrons. The van der Waals surface area contributed by atoms with Crippen LogP contribution in [0.1, 0.15) is 23.7 Å². The molecule has 0 saturated carbocycles. The fourth-order valence-electron chi connectivity index (χ4n) is 2.94. The second kappa shape index (κ2) is 7.16. The van der Waals surface area contributed by atoms with Crippen LogP contribution in [0.2, 0.25) is 5.02 Å². The van der Waals surface area contributed by atoms with Crippen molar-refractivity contribution in [1.82, 2.24) is 10.6 Å². The number of piperidine rings is 1. The second-order valence-corrected chi connectivity index (χ2v) is 6.52. The number of hydrogen-bond acceptors (Lipinski definition) is 2. The summed E-state index contributed by atoms with van der Waals surface area (Å²) in [4.78, 5) is 12.6. The summed E-state index contributed by atoms with van der Waals surface area (Å²) in [5.74, 6) is 0.365. The second-order valence-electron chi connectivity index (χ2n) is 6.11. The molecule has 1 aliphatic heterocycles. The van der Waals surface area contributed by atoms with Gasteiger partial charge in [-0.2, -0.15) is 0 Å². The van der Waals surface area contributed by atoms with E-state index in [1.165, 1.54) is 0 Å². The standard InChI is InChI=1S/C19H21ClN2O/c1-13-9-10-21-12-18(13)22-19(23)16-11-15(7-8-17(16)20)14-5-3-2-4-6-14/h2-8,11,13,18,21H,9-10,12H2,1H3,(H,22,23). The molecule has 0 spiro atoms. The molecule has 0 bridgehead atoms. The van der Waals surface area contributed by atoms with Gasteiger partial charge in [0.25, 0.3) is 5.91 Å². The van der Waals surface area contributed by atoms with Crippen molar-refractivity contribution in [1.29, 1.82) is 0 Å². The van der Waals surface area contributed by atoms with Crippen molar-refractivity contribution in [2.45, 2.75) is 19.4 Å². The molecule has 1 saturated heterocycles. The molecule has 2 N–H and O–H groups in total. The summed E-state index contributed by atoms with van der Waals surface area (Å²) in [6.07, 6.45) is 1.07. The Balaban J connectivity index is 1.82. The Hall–Kier alpha value is -1.84. The highest BCUT2D eigenvalue weighted by molar-refractivity contribution is 6.34. The van der Waals surface area contributed by atoms with Crippen LogP contribution in [-0.2, 0) is 0 Å². The Morgan fingerprint density at radius 1 is 1.17 bits per heavy atom. The van der Waals surface area contributed by atoms with Crippen molar-refractivity contribution in [3.8, 4) is 11.1 Å². The molecule has 2 aromatic rings. The van der Waals surface area contributed by atoms with Crippen LogP contribution in [0.4, 0.5) is 0 Å². The SMILES string of the molecule is CC1CCNCC1NC(=O)c1cc(-c2ccccc2)ccc1Cl. The van der Waals surface area contributed by atoms with E-state index in [0.717, 1.165) is 30.6 Å².